The maximum absolute atomic E-state index is 14.7. The highest BCUT2D eigenvalue weighted by Crippen LogP contribution is 2.37. The molecule has 2 amide bonds. The number of benzene rings is 1. The highest BCUT2D eigenvalue weighted by Gasteiger charge is 2.52. The van der Waals surface area contributed by atoms with Gasteiger partial charge in [-0.05, 0) is 52.1 Å². The Morgan fingerprint density at radius 2 is 1.72 bits per heavy atom. The Hall–Kier alpha value is -2.85. The molecule has 0 unspecified atom stereocenters. The summed E-state index contributed by atoms with van der Waals surface area (Å²) in [4.78, 5) is 32.6. The molecule has 8 nitrogen and oxygen atoms in total. The van der Waals surface area contributed by atoms with Crippen LogP contribution in [-0.2, 0) is 20.6 Å². The SMILES string of the molecule is CC1(C)OB(c2ccc(CNC(=O)C3(NC(=O)c4cncnc4)CC3)c(F)c2)OC1(C)C. The van der Waals surface area contributed by atoms with Crippen LogP contribution in [0.3, 0.4) is 0 Å². The Bertz CT molecular complexity index is 1030. The highest BCUT2D eigenvalue weighted by atomic mass is 19.1. The van der Waals surface area contributed by atoms with E-state index in [-0.39, 0.29) is 18.0 Å². The molecular weight excluding hydrogens is 414 g/mol. The van der Waals surface area contributed by atoms with Crippen LogP contribution in [0.2, 0.25) is 0 Å². The van der Waals surface area contributed by atoms with E-state index in [1.54, 1.807) is 12.1 Å². The van der Waals surface area contributed by atoms with Crippen molar-refractivity contribution in [2.45, 2.75) is 63.8 Å². The van der Waals surface area contributed by atoms with Crippen molar-refractivity contribution in [3.63, 3.8) is 0 Å². The lowest BCUT2D eigenvalue weighted by atomic mass is 9.78. The first-order valence-electron chi connectivity index (χ1n) is 10.5. The van der Waals surface area contributed by atoms with Crippen LogP contribution in [0.1, 0.15) is 56.5 Å². The van der Waals surface area contributed by atoms with Crippen molar-refractivity contribution in [1.82, 2.24) is 20.6 Å². The van der Waals surface area contributed by atoms with Crippen LogP contribution in [0.15, 0.2) is 36.9 Å². The number of hydrogen-bond donors (Lipinski definition) is 2. The second kappa shape index (κ2) is 7.93. The number of nitrogens with zero attached hydrogens (tertiary/aromatic N) is 2. The van der Waals surface area contributed by atoms with E-state index in [2.05, 4.69) is 20.6 Å². The molecule has 1 aliphatic heterocycles. The molecule has 2 aromatic rings. The topological polar surface area (TPSA) is 102 Å². The van der Waals surface area contributed by atoms with Gasteiger partial charge in [0.25, 0.3) is 5.91 Å². The molecule has 2 aliphatic rings. The zero-order chi connectivity index (χ0) is 23.1. The number of nitrogens with one attached hydrogen (secondary N) is 2. The quantitative estimate of drug-likeness (QED) is 0.661. The molecule has 1 aliphatic carbocycles. The molecule has 0 atom stereocenters. The van der Waals surface area contributed by atoms with E-state index in [9.17, 15) is 14.0 Å². The van der Waals surface area contributed by atoms with E-state index < -0.39 is 35.6 Å². The molecule has 2 fully saturated rings. The minimum absolute atomic E-state index is 0.000379. The lowest BCUT2D eigenvalue weighted by Gasteiger charge is -2.32. The smallest absolute Gasteiger partial charge is 0.399 e. The van der Waals surface area contributed by atoms with Crippen LogP contribution in [0.5, 0.6) is 0 Å². The summed E-state index contributed by atoms with van der Waals surface area (Å²) in [6.07, 6.45) is 5.12. The largest absolute Gasteiger partial charge is 0.494 e. The molecule has 168 valence electrons. The molecule has 10 heteroatoms. The first kappa shape index (κ1) is 22.4. The van der Waals surface area contributed by atoms with Crippen molar-refractivity contribution >= 4 is 24.4 Å². The number of rotatable bonds is 6. The van der Waals surface area contributed by atoms with Gasteiger partial charge in [-0.25, -0.2) is 14.4 Å². The van der Waals surface area contributed by atoms with Crippen molar-refractivity contribution in [2.24, 2.45) is 0 Å². The van der Waals surface area contributed by atoms with Crippen LogP contribution >= 0.6 is 0 Å². The Labute approximate surface area is 186 Å². The van der Waals surface area contributed by atoms with Crippen molar-refractivity contribution in [1.29, 1.82) is 0 Å². The number of carbonyl (C=O) groups excluding carboxylic acids is 2. The summed E-state index contributed by atoms with van der Waals surface area (Å²) in [5.74, 6) is -1.24. The molecule has 1 aromatic heterocycles. The summed E-state index contributed by atoms with van der Waals surface area (Å²) in [5.41, 5.74) is -0.836. The van der Waals surface area contributed by atoms with Gasteiger partial charge in [0.15, 0.2) is 0 Å². The minimum atomic E-state index is -0.980. The normalized spacial score (nSPS) is 20.0. The predicted molar refractivity (Wildman–Crippen MR) is 115 cm³/mol. The number of halogens is 1. The first-order valence-corrected chi connectivity index (χ1v) is 10.5. The summed E-state index contributed by atoms with van der Waals surface area (Å²) < 4.78 is 26.7. The second-order valence-electron chi connectivity index (χ2n) is 9.29. The third kappa shape index (κ3) is 4.24. The van der Waals surface area contributed by atoms with E-state index >= 15 is 0 Å². The summed E-state index contributed by atoms with van der Waals surface area (Å²) >= 11 is 0. The number of aromatic nitrogens is 2. The molecular formula is C22H26BFN4O4. The average molecular weight is 440 g/mol. The number of hydrogen-bond acceptors (Lipinski definition) is 6. The fraction of sp³-hybridized carbons (Fsp3) is 0.455. The zero-order valence-electron chi connectivity index (χ0n) is 18.6. The third-order valence-electron chi connectivity index (χ3n) is 6.40. The highest BCUT2D eigenvalue weighted by molar-refractivity contribution is 6.62. The van der Waals surface area contributed by atoms with E-state index in [4.69, 9.17) is 9.31 Å². The second-order valence-corrected chi connectivity index (χ2v) is 9.29. The number of amides is 2. The summed E-state index contributed by atoms with van der Waals surface area (Å²) in [7, 11) is -0.662. The van der Waals surface area contributed by atoms with E-state index in [0.29, 0.717) is 23.9 Å². The maximum atomic E-state index is 14.7. The summed E-state index contributed by atoms with van der Waals surface area (Å²) in [6.45, 7) is 7.74. The lowest BCUT2D eigenvalue weighted by Crippen LogP contribution is -2.48. The van der Waals surface area contributed by atoms with Gasteiger partial charge in [-0.3, -0.25) is 9.59 Å². The molecule has 1 aromatic carbocycles. The van der Waals surface area contributed by atoms with E-state index in [1.807, 2.05) is 27.7 Å². The standard InChI is InChI=1S/C22H26BFN4O4/c1-20(2)21(3,4)32-23(31-20)16-6-5-14(17(24)9-16)12-27-19(30)22(7-8-22)28-18(29)15-10-25-13-26-11-15/h5-6,9-11,13H,7-8,12H2,1-4H3,(H,27,30)(H,28,29). The predicted octanol–water partition coefficient (Wildman–Crippen LogP) is 1.49. The minimum Gasteiger partial charge on any atom is -0.399 e. The van der Waals surface area contributed by atoms with Crippen LogP contribution in [0.4, 0.5) is 4.39 Å². The molecule has 0 radical (unpaired) electrons. The Balaban J connectivity index is 1.37. The zero-order valence-corrected chi connectivity index (χ0v) is 18.6. The summed E-state index contributed by atoms with van der Waals surface area (Å²) in [6, 6.07) is 4.71. The molecule has 0 bridgehead atoms. The molecule has 32 heavy (non-hydrogen) atoms. The van der Waals surface area contributed by atoms with Gasteiger partial charge in [-0.15, -0.1) is 0 Å². The van der Waals surface area contributed by atoms with Gasteiger partial charge < -0.3 is 19.9 Å². The van der Waals surface area contributed by atoms with Gasteiger partial charge in [-0.2, -0.15) is 0 Å². The van der Waals surface area contributed by atoms with Gasteiger partial charge in [0.05, 0.1) is 16.8 Å². The van der Waals surface area contributed by atoms with Crippen LogP contribution in [-0.4, -0.2) is 45.6 Å². The monoisotopic (exact) mass is 440 g/mol. The van der Waals surface area contributed by atoms with Crippen molar-refractivity contribution < 1.29 is 23.3 Å². The Morgan fingerprint density at radius 3 is 2.28 bits per heavy atom. The van der Waals surface area contributed by atoms with Crippen LogP contribution in [0.25, 0.3) is 0 Å². The van der Waals surface area contributed by atoms with Gasteiger partial charge in [0, 0.05) is 24.5 Å². The Kier molecular flexibility index (Phi) is 5.54. The molecule has 2 heterocycles. The molecule has 1 saturated carbocycles. The first-order chi connectivity index (χ1) is 15.0. The third-order valence-corrected chi connectivity index (χ3v) is 6.40. The fourth-order valence-electron chi connectivity index (χ4n) is 3.42. The summed E-state index contributed by atoms with van der Waals surface area (Å²) in [5, 5.41) is 5.47. The fourth-order valence-corrected chi connectivity index (χ4v) is 3.42. The maximum Gasteiger partial charge on any atom is 0.494 e. The van der Waals surface area contributed by atoms with Gasteiger partial charge >= 0.3 is 7.12 Å². The number of carbonyl (C=O) groups is 2. The van der Waals surface area contributed by atoms with Crippen molar-refractivity contribution in [3.8, 4) is 0 Å². The van der Waals surface area contributed by atoms with Crippen molar-refractivity contribution in [3.05, 3.63) is 53.9 Å². The van der Waals surface area contributed by atoms with E-state index in [1.165, 1.54) is 24.8 Å². The molecule has 1 saturated heterocycles. The molecule has 2 N–H and O–H groups in total. The lowest BCUT2D eigenvalue weighted by molar-refractivity contribution is -0.124. The molecule has 4 rings (SSSR count). The average Bonchev–Trinajstić information content (AvgIpc) is 3.48. The van der Waals surface area contributed by atoms with Gasteiger partial charge in [-0.1, -0.05) is 12.1 Å². The Morgan fingerprint density at radius 1 is 1.09 bits per heavy atom. The van der Waals surface area contributed by atoms with Gasteiger partial charge in [0.2, 0.25) is 5.91 Å². The van der Waals surface area contributed by atoms with Gasteiger partial charge in [0.1, 0.15) is 17.7 Å². The van der Waals surface area contributed by atoms with Crippen LogP contribution in [0, 0.1) is 5.82 Å². The van der Waals surface area contributed by atoms with E-state index in [0.717, 1.165) is 0 Å². The van der Waals surface area contributed by atoms with Crippen LogP contribution < -0.4 is 16.1 Å². The van der Waals surface area contributed by atoms with Crippen molar-refractivity contribution in [2.75, 3.05) is 0 Å². The molecule has 0 spiro atoms.